The second kappa shape index (κ2) is 8.93. The van der Waals surface area contributed by atoms with Gasteiger partial charge in [-0.25, -0.2) is 0 Å². The van der Waals surface area contributed by atoms with Gasteiger partial charge >= 0.3 is 6.18 Å². The summed E-state index contributed by atoms with van der Waals surface area (Å²) in [5.41, 5.74) is 0.755. The predicted molar refractivity (Wildman–Crippen MR) is 109 cm³/mol. The molecule has 0 saturated heterocycles. The average molecular weight is 436 g/mol. The van der Waals surface area contributed by atoms with E-state index in [0.29, 0.717) is 34.9 Å². The lowest BCUT2D eigenvalue weighted by Gasteiger charge is -2.27. The van der Waals surface area contributed by atoms with Crippen molar-refractivity contribution < 1.29 is 27.5 Å². The number of amides is 2. The smallest absolute Gasteiger partial charge is 0.383 e. The lowest BCUT2D eigenvalue weighted by molar-refractivity contribution is -0.137. The summed E-state index contributed by atoms with van der Waals surface area (Å²) in [7, 11) is 3.13. The molecule has 0 atom stereocenters. The van der Waals surface area contributed by atoms with Gasteiger partial charge in [-0.05, 0) is 42.0 Å². The zero-order valence-corrected chi connectivity index (χ0v) is 17.1. The highest BCUT2D eigenvalue weighted by Crippen LogP contribution is 2.42. The van der Waals surface area contributed by atoms with Gasteiger partial charge < -0.3 is 15.0 Å². The minimum Gasteiger partial charge on any atom is -0.383 e. The van der Waals surface area contributed by atoms with Gasteiger partial charge in [0.2, 0.25) is 0 Å². The van der Waals surface area contributed by atoms with Gasteiger partial charge in [0.05, 0.1) is 22.8 Å². The first kappa shape index (κ1) is 21.9. The number of halogens is 3. The average Bonchev–Trinajstić information content (AvgIpc) is 2.71. The second-order valence-corrected chi connectivity index (χ2v) is 7.61. The van der Waals surface area contributed by atoms with Crippen LogP contribution in [0, 0.1) is 0 Å². The van der Waals surface area contributed by atoms with Crippen molar-refractivity contribution >= 4 is 35.3 Å². The number of hydrogen-bond acceptors (Lipinski definition) is 4. The molecule has 0 aromatic heterocycles. The maximum absolute atomic E-state index is 12.8. The van der Waals surface area contributed by atoms with E-state index in [1.54, 1.807) is 38.4 Å². The highest BCUT2D eigenvalue weighted by atomic mass is 32.2. The summed E-state index contributed by atoms with van der Waals surface area (Å²) in [5.74, 6) is -0.573. The summed E-state index contributed by atoms with van der Waals surface area (Å²) in [6.45, 7) is 0.763. The summed E-state index contributed by atoms with van der Waals surface area (Å²) < 4.78 is 43.1. The molecule has 1 heterocycles. The number of benzene rings is 2. The van der Waals surface area contributed by atoms with Crippen LogP contribution in [0.15, 0.2) is 52.3 Å². The monoisotopic (exact) mass is 436 g/mol. The van der Waals surface area contributed by atoms with Gasteiger partial charge in [-0.2, -0.15) is 13.2 Å². The molecule has 0 unspecified atom stereocenters. The first-order valence-corrected chi connectivity index (χ1v) is 9.78. The van der Waals surface area contributed by atoms with Crippen molar-refractivity contribution in [1.82, 2.24) is 5.32 Å². The van der Waals surface area contributed by atoms with E-state index in [-0.39, 0.29) is 11.8 Å². The third-order valence-corrected chi connectivity index (χ3v) is 5.52. The molecule has 9 heteroatoms. The van der Waals surface area contributed by atoms with E-state index in [4.69, 9.17) is 4.74 Å². The quantitative estimate of drug-likeness (QED) is 0.564. The van der Waals surface area contributed by atoms with Crippen LogP contribution >= 0.6 is 11.8 Å². The molecule has 0 bridgehead atoms. The van der Waals surface area contributed by atoms with Crippen molar-refractivity contribution in [2.75, 3.05) is 32.2 Å². The Bertz CT molecular complexity index is 988. The van der Waals surface area contributed by atoms with Crippen LogP contribution in [-0.2, 0) is 15.7 Å². The number of nitrogens with zero attached hydrogens (tertiary/aromatic N) is 1. The summed E-state index contributed by atoms with van der Waals surface area (Å²) in [6, 6.07) is 9.66. The van der Waals surface area contributed by atoms with E-state index >= 15 is 0 Å². The lowest BCUT2D eigenvalue weighted by atomic mass is 10.1. The van der Waals surface area contributed by atoms with Gasteiger partial charge in [-0.3, -0.25) is 9.59 Å². The molecule has 2 aromatic rings. The molecular formula is C21H19F3N2O3S. The van der Waals surface area contributed by atoms with Crippen LogP contribution in [0.5, 0.6) is 0 Å². The molecule has 0 radical (unpaired) electrons. The van der Waals surface area contributed by atoms with E-state index in [9.17, 15) is 22.8 Å². The highest BCUT2D eigenvalue weighted by Gasteiger charge is 2.30. The Balaban J connectivity index is 1.82. The number of nitrogens with one attached hydrogen (secondary N) is 1. The third kappa shape index (κ3) is 4.85. The maximum atomic E-state index is 12.8. The number of fused-ring (bicyclic) bond motifs is 1. The van der Waals surface area contributed by atoms with Crippen molar-refractivity contribution in [1.29, 1.82) is 0 Å². The Hall–Kier alpha value is -2.78. The van der Waals surface area contributed by atoms with Gasteiger partial charge in [0.25, 0.3) is 11.8 Å². The van der Waals surface area contributed by atoms with Crippen molar-refractivity contribution in [3.05, 3.63) is 64.1 Å². The molecule has 30 heavy (non-hydrogen) atoms. The number of likely N-dealkylation sites (N-methyl/N-ethyl adjacent to an activating group) is 1. The minimum absolute atomic E-state index is 0.271. The number of carbonyl (C=O) groups is 2. The lowest BCUT2D eigenvalue weighted by Crippen LogP contribution is -2.31. The predicted octanol–water partition coefficient (Wildman–Crippen LogP) is 4.19. The van der Waals surface area contributed by atoms with E-state index < -0.39 is 11.7 Å². The van der Waals surface area contributed by atoms with E-state index in [1.807, 2.05) is 0 Å². The molecule has 3 rings (SSSR count). The van der Waals surface area contributed by atoms with Gasteiger partial charge in [-0.15, -0.1) is 0 Å². The van der Waals surface area contributed by atoms with Gasteiger partial charge in [0.15, 0.2) is 0 Å². The minimum atomic E-state index is -4.41. The van der Waals surface area contributed by atoms with Crippen molar-refractivity contribution in [2.45, 2.75) is 11.1 Å². The number of rotatable bonds is 5. The van der Waals surface area contributed by atoms with Crippen LogP contribution in [0.1, 0.15) is 21.5 Å². The normalized spacial score (nSPS) is 15.3. The highest BCUT2D eigenvalue weighted by molar-refractivity contribution is 8.04. The van der Waals surface area contributed by atoms with Crippen LogP contribution in [0.2, 0.25) is 0 Å². The number of alkyl halides is 3. The summed E-state index contributed by atoms with van der Waals surface area (Å²) in [5, 5.41) is 2.72. The van der Waals surface area contributed by atoms with Gasteiger partial charge in [-0.1, -0.05) is 23.9 Å². The molecule has 0 spiro atoms. The molecule has 1 aliphatic rings. The van der Waals surface area contributed by atoms with Crippen LogP contribution in [-0.4, -0.2) is 39.1 Å². The number of methoxy groups -OCH3 is 1. The number of carbonyl (C=O) groups excluding carboxylic acids is 2. The molecule has 2 amide bonds. The Morgan fingerprint density at radius 1 is 1.20 bits per heavy atom. The van der Waals surface area contributed by atoms with Crippen LogP contribution in [0.4, 0.5) is 18.9 Å². The van der Waals surface area contributed by atoms with Crippen molar-refractivity contribution in [3.8, 4) is 0 Å². The number of ether oxygens (including phenoxy) is 1. The standard InChI is InChI=1S/C21H19F3N2O3S/c1-26-16-12-14(19(27)25-9-10-29-2)5-8-17(16)30-18(20(26)28)11-13-3-6-15(7-4-13)21(22,23)24/h3-8,11-12H,9-10H2,1-2H3,(H,25,27)/b18-11-. The SMILES string of the molecule is COCCNC(=O)c1ccc2c(c1)N(C)C(=O)/C(=C/c1ccc(C(F)(F)F)cc1)S2. The van der Waals surface area contributed by atoms with E-state index in [0.717, 1.165) is 17.0 Å². The molecule has 0 aliphatic carbocycles. The Morgan fingerprint density at radius 2 is 1.90 bits per heavy atom. The first-order valence-electron chi connectivity index (χ1n) is 8.97. The first-order chi connectivity index (χ1) is 14.2. The number of anilines is 1. The molecule has 2 aromatic carbocycles. The van der Waals surface area contributed by atoms with Crippen molar-refractivity contribution in [3.63, 3.8) is 0 Å². The molecule has 1 N–H and O–H groups in total. The molecular weight excluding hydrogens is 417 g/mol. The molecule has 5 nitrogen and oxygen atoms in total. The van der Waals surface area contributed by atoms with E-state index in [1.165, 1.54) is 28.8 Å². The van der Waals surface area contributed by atoms with Crippen LogP contribution < -0.4 is 10.2 Å². The Kier molecular flexibility index (Phi) is 6.52. The van der Waals surface area contributed by atoms with Gasteiger partial charge in [0, 0.05) is 31.2 Å². The fourth-order valence-corrected chi connectivity index (χ4v) is 3.92. The molecule has 0 saturated carbocycles. The van der Waals surface area contributed by atoms with E-state index in [2.05, 4.69) is 5.32 Å². The zero-order valence-electron chi connectivity index (χ0n) is 16.2. The number of hydrogen-bond donors (Lipinski definition) is 1. The summed E-state index contributed by atoms with van der Waals surface area (Å²) in [6.07, 6.45) is -2.86. The topological polar surface area (TPSA) is 58.6 Å². The number of thioether (sulfide) groups is 1. The largest absolute Gasteiger partial charge is 0.416 e. The van der Waals surface area contributed by atoms with Gasteiger partial charge in [0.1, 0.15) is 0 Å². The maximum Gasteiger partial charge on any atom is 0.416 e. The Morgan fingerprint density at radius 3 is 2.53 bits per heavy atom. The Labute approximate surface area is 175 Å². The summed E-state index contributed by atoms with van der Waals surface area (Å²) >= 11 is 1.21. The third-order valence-electron chi connectivity index (χ3n) is 4.45. The molecule has 158 valence electrons. The van der Waals surface area contributed by atoms with Crippen molar-refractivity contribution in [2.24, 2.45) is 0 Å². The zero-order chi connectivity index (χ0) is 21.9. The molecule has 0 fully saturated rings. The molecule has 1 aliphatic heterocycles. The fraction of sp³-hybridized carbons (Fsp3) is 0.238. The van der Waals surface area contributed by atoms with Crippen LogP contribution in [0.25, 0.3) is 6.08 Å². The summed E-state index contributed by atoms with van der Waals surface area (Å²) in [4.78, 5) is 27.5. The van der Waals surface area contributed by atoms with Crippen LogP contribution in [0.3, 0.4) is 0 Å². The second-order valence-electron chi connectivity index (χ2n) is 6.53. The fourth-order valence-electron chi connectivity index (χ4n) is 2.82.